The van der Waals surface area contributed by atoms with Gasteiger partial charge in [0.25, 0.3) is 0 Å². The molecule has 1 saturated carbocycles. The van der Waals surface area contributed by atoms with Crippen molar-refractivity contribution in [1.29, 1.82) is 0 Å². The van der Waals surface area contributed by atoms with E-state index >= 15 is 0 Å². The number of hydrogen-bond donors (Lipinski definition) is 3. The van der Waals surface area contributed by atoms with E-state index in [0.29, 0.717) is 0 Å². The molecule has 92 valence electrons. The molecule has 1 unspecified atom stereocenters. The van der Waals surface area contributed by atoms with Gasteiger partial charge in [0.15, 0.2) is 0 Å². The highest BCUT2D eigenvalue weighted by Crippen LogP contribution is 2.39. The lowest BCUT2D eigenvalue weighted by molar-refractivity contribution is -0.147. The number of hydrogen-bond acceptors (Lipinski definition) is 3. The standard InChI is InChI=1S/C11H20N2O3/c1-3-6-12-7-9(14)13-11(2,10(15)16)8-4-5-8/h8,12H,3-7H2,1-2H3,(H,13,14)(H,15,16). The third-order valence-electron chi connectivity index (χ3n) is 2.95. The molecule has 1 fully saturated rings. The molecule has 0 heterocycles. The van der Waals surface area contributed by atoms with Crippen molar-refractivity contribution in [3.8, 4) is 0 Å². The number of aliphatic carboxylic acids is 1. The van der Waals surface area contributed by atoms with Crippen molar-refractivity contribution in [3.63, 3.8) is 0 Å². The van der Waals surface area contributed by atoms with Crippen LogP contribution in [0.2, 0.25) is 0 Å². The molecule has 1 aliphatic rings. The Morgan fingerprint density at radius 3 is 2.50 bits per heavy atom. The summed E-state index contributed by atoms with van der Waals surface area (Å²) in [6, 6.07) is 0. The number of carboxylic acid groups (broad SMARTS) is 1. The highest BCUT2D eigenvalue weighted by molar-refractivity contribution is 5.88. The molecule has 0 aromatic rings. The zero-order valence-electron chi connectivity index (χ0n) is 9.88. The topological polar surface area (TPSA) is 78.4 Å². The van der Waals surface area contributed by atoms with Gasteiger partial charge in [0.05, 0.1) is 6.54 Å². The Morgan fingerprint density at radius 1 is 1.44 bits per heavy atom. The SMILES string of the molecule is CCCNCC(=O)NC(C)(C(=O)O)C1CC1. The molecule has 0 radical (unpaired) electrons. The summed E-state index contributed by atoms with van der Waals surface area (Å²) < 4.78 is 0. The first kappa shape index (κ1) is 13.0. The molecule has 0 saturated heterocycles. The van der Waals surface area contributed by atoms with Crippen LogP contribution in [0.5, 0.6) is 0 Å². The average Bonchev–Trinajstić information content (AvgIpc) is 3.00. The summed E-state index contributed by atoms with van der Waals surface area (Å²) in [6.07, 6.45) is 2.71. The fraction of sp³-hybridized carbons (Fsp3) is 0.818. The van der Waals surface area contributed by atoms with Gasteiger partial charge in [0, 0.05) is 0 Å². The summed E-state index contributed by atoms with van der Waals surface area (Å²) in [7, 11) is 0. The Kier molecular flexibility index (Phi) is 4.29. The fourth-order valence-electron chi connectivity index (χ4n) is 1.70. The predicted octanol–water partition coefficient (Wildman–Crippen LogP) is 0.355. The van der Waals surface area contributed by atoms with Crippen LogP contribution in [-0.4, -0.2) is 35.6 Å². The van der Waals surface area contributed by atoms with Gasteiger partial charge < -0.3 is 15.7 Å². The van der Waals surface area contributed by atoms with Crippen LogP contribution in [0.1, 0.15) is 33.1 Å². The third-order valence-corrected chi connectivity index (χ3v) is 2.95. The van der Waals surface area contributed by atoms with Crippen molar-refractivity contribution in [2.45, 2.75) is 38.6 Å². The summed E-state index contributed by atoms with van der Waals surface area (Å²) in [6.45, 7) is 4.55. The molecule has 1 rings (SSSR count). The van der Waals surface area contributed by atoms with Crippen molar-refractivity contribution >= 4 is 11.9 Å². The van der Waals surface area contributed by atoms with E-state index in [0.717, 1.165) is 25.8 Å². The van der Waals surface area contributed by atoms with Gasteiger partial charge >= 0.3 is 5.97 Å². The van der Waals surface area contributed by atoms with Crippen LogP contribution in [0.15, 0.2) is 0 Å². The Balaban J connectivity index is 2.43. The molecule has 5 heteroatoms. The van der Waals surface area contributed by atoms with E-state index < -0.39 is 11.5 Å². The van der Waals surface area contributed by atoms with Crippen LogP contribution in [0.3, 0.4) is 0 Å². The molecule has 0 bridgehead atoms. The normalized spacial score (nSPS) is 18.9. The molecule has 0 aliphatic heterocycles. The number of amides is 1. The van der Waals surface area contributed by atoms with Crippen LogP contribution >= 0.6 is 0 Å². The van der Waals surface area contributed by atoms with Crippen molar-refractivity contribution in [3.05, 3.63) is 0 Å². The van der Waals surface area contributed by atoms with Gasteiger partial charge in [-0.3, -0.25) is 4.79 Å². The van der Waals surface area contributed by atoms with Crippen LogP contribution in [0, 0.1) is 5.92 Å². The van der Waals surface area contributed by atoms with Gasteiger partial charge in [0.2, 0.25) is 5.91 Å². The lowest BCUT2D eigenvalue weighted by Gasteiger charge is -2.26. The minimum Gasteiger partial charge on any atom is -0.480 e. The Morgan fingerprint density at radius 2 is 2.06 bits per heavy atom. The van der Waals surface area contributed by atoms with E-state index in [1.807, 2.05) is 6.92 Å². The highest BCUT2D eigenvalue weighted by Gasteiger charge is 2.48. The maximum absolute atomic E-state index is 11.5. The minimum atomic E-state index is -1.09. The van der Waals surface area contributed by atoms with Crippen LogP contribution in [0.25, 0.3) is 0 Å². The number of rotatable bonds is 7. The first-order valence-electron chi connectivity index (χ1n) is 5.75. The summed E-state index contributed by atoms with van der Waals surface area (Å²) in [5.41, 5.74) is -1.09. The Hall–Kier alpha value is -1.10. The zero-order valence-corrected chi connectivity index (χ0v) is 9.88. The second kappa shape index (κ2) is 5.30. The molecule has 0 aromatic carbocycles. The molecule has 1 aliphatic carbocycles. The van der Waals surface area contributed by atoms with E-state index in [1.54, 1.807) is 6.92 Å². The predicted molar refractivity (Wildman–Crippen MR) is 60.1 cm³/mol. The average molecular weight is 228 g/mol. The highest BCUT2D eigenvalue weighted by atomic mass is 16.4. The molecule has 0 aromatic heterocycles. The second-order valence-corrected chi connectivity index (χ2v) is 4.51. The lowest BCUT2D eigenvalue weighted by Crippen LogP contribution is -2.55. The van der Waals surface area contributed by atoms with Gasteiger partial charge in [-0.05, 0) is 38.6 Å². The van der Waals surface area contributed by atoms with Gasteiger partial charge in [-0.2, -0.15) is 0 Å². The molecule has 3 N–H and O–H groups in total. The molecule has 5 nitrogen and oxygen atoms in total. The van der Waals surface area contributed by atoms with Crippen LogP contribution < -0.4 is 10.6 Å². The first-order valence-corrected chi connectivity index (χ1v) is 5.75. The van der Waals surface area contributed by atoms with Crippen molar-refractivity contribution in [2.24, 2.45) is 5.92 Å². The number of carbonyl (C=O) groups excluding carboxylic acids is 1. The quantitative estimate of drug-likeness (QED) is 0.550. The number of nitrogens with one attached hydrogen (secondary N) is 2. The molecule has 0 spiro atoms. The molecule has 1 atom stereocenters. The van der Waals surface area contributed by atoms with Crippen LogP contribution in [0.4, 0.5) is 0 Å². The van der Waals surface area contributed by atoms with Gasteiger partial charge in [0.1, 0.15) is 5.54 Å². The maximum atomic E-state index is 11.5. The van der Waals surface area contributed by atoms with Crippen LogP contribution in [-0.2, 0) is 9.59 Å². The van der Waals surface area contributed by atoms with Gasteiger partial charge in [-0.15, -0.1) is 0 Å². The van der Waals surface area contributed by atoms with Crippen molar-refractivity contribution < 1.29 is 14.7 Å². The summed E-state index contributed by atoms with van der Waals surface area (Å²) in [5, 5.41) is 14.7. The van der Waals surface area contributed by atoms with Gasteiger partial charge in [-0.1, -0.05) is 6.92 Å². The van der Waals surface area contributed by atoms with Crippen molar-refractivity contribution in [1.82, 2.24) is 10.6 Å². The molecule has 1 amide bonds. The third kappa shape index (κ3) is 3.20. The lowest BCUT2D eigenvalue weighted by atomic mass is 9.96. The largest absolute Gasteiger partial charge is 0.480 e. The van der Waals surface area contributed by atoms with E-state index in [9.17, 15) is 9.59 Å². The zero-order chi connectivity index (χ0) is 12.2. The van der Waals surface area contributed by atoms with E-state index in [4.69, 9.17) is 5.11 Å². The summed E-state index contributed by atoms with van der Waals surface area (Å²) in [4.78, 5) is 22.7. The maximum Gasteiger partial charge on any atom is 0.329 e. The Labute approximate surface area is 95.6 Å². The first-order chi connectivity index (χ1) is 7.50. The summed E-state index contributed by atoms with van der Waals surface area (Å²) >= 11 is 0. The number of carboxylic acids is 1. The molecular formula is C11H20N2O3. The molecule has 16 heavy (non-hydrogen) atoms. The van der Waals surface area contributed by atoms with Gasteiger partial charge in [-0.25, -0.2) is 4.79 Å². The van der Waals surface area contributed by atoms with Crippen molar-refractivity contribution in [2.75, 3.05) is 13.1 Å². The second-order valence-electron chi connectivity index (χ2n) is 4.51. The smallest absolute Gasteiger partial charge is 0.329 e. The summed E-state index contributed by atoms with van der Waals surface area (Å²) in [5.74, 6) is -1.11. The Bertz CT molecular complexity index is 276. The van der Waals surface area contributed by atoms with E-state index in [1.165, 1.54) is 0 Å². The van der Waals surface area contributed by atoms with E-state index in [-0.39, 0.29) is 18.4 Å². The monoisotopic (exact) mass is 228 g/mol. The minimum absolute atomic E-state index is 0.0834. The fourth-order valence-corrected chi connectivity index (χ4v) is 1.70. The van der Waals surface area contributed by atoms with E-state index in [2.05, 4.69) is 10.6 Å². The molecular weight excluding hydrogens is 208 g/mol. The number of carbonyl (C=O) groups is 2.